The molecule has 0 aliphatic rings. The number of rotatable bonds is 9. The molecule has 0 aliphatic heterocycles. The second kappa shape index (κ2) is 18.4. The lowest BCUT2D eigenvalue weighted by atomic mass is 9.99. The summed E-state index contributed by atoms with van der Waals surface area (Å²) < 4.78 is 4.46. The average molecular weight is 973 g/mol. The van der Waals surface area contributed by atoms with Gasteiger partial charge in [0.2, 0.25) is 0 Å². The van der Waals surface area contributed by atoms with E-state index in [1.807, 2.05) is 152 Å². The van der Waals surface area contributed by atoms with E-state index in [4.69, 9.17) is 34.9 Å². The molecule has 0 radical (unpaired) electrons. The summed E-state index contributed by atoms with van der Waals surface area (Å²) in [7, 11) is 0. The van der Waals surface area contributed by atoms with Crippen molar-refractivity contribution in [3.05, 3.63) is 248 Å². The molecular formula is C66H40N10. The zero-order chi connectivity index (χ0) is 50.5. The molecule has 5 heterocycles. The number of hydrogen-bond acceptors (Lipinski definition) is 8. The van der Waals surface area contributed by atoms with Crippen molar-refractivity contribution in [1.82, 2.24) is 44.0 Å². The predicted octanol–water partition coefficient (Wildman–Crippen LogP) is 15.2. The Kier molecular flexibility index (Phi) is 10.6. The molecular weight excluding hydrogens is 933 g/mol. The summed E-state index contributed by atoms with van der Waals surface area (Å²) in [6.45, 7) is 0. The van der Waals surface area contributed by atoms with Gasteiger partial charge in [-0.15, -0.1) is 0 Å². The van der Waals surface area contributed by atoms with E-state index in [1.165, 1.54) is 0 Å². The summed E-state index contributed by atoms with van der Waals surface area (Å²) in [5.41, 5.74) is 12.2. The molecule has 0 spiro atoms. The van der Waals surface area contributed by atoms with Crippen LogP contribution in [0.1, 0.15) is 5.56 Å². The fourth-order valence-corrected chi connectivity index (χ4v) is 10.4. The van der Waals surface area contributed by atoms with E-state index in [9.17, 15) is 5.26 Å². The van der Waals surface area contributed by atoms with Crippen LogP contribution in [-0.2, 0) is 0 Å². The van der Waals surface area contributed by atoms with Gasteiger partial charge < -0.3 is 4.57 Å². The lowest BCUT2D eigenvalue weighted by molar-refractivity contribution is 1.05. The van der Waals surface area contributed by atoms with Gasteiger partial charge in [0.25, 0.3) is 0 Å². The second-order valence-electron chi connectivity index (χ2n) is 18.5. The highest BCUT2D eigenvalue weighted by atomic mass is 15.1. The third-order valence-electron chi connectivity index (χ3n) is 13.9. The van der Waals surface area contributed by atoms with Crippen molar-refractivity contribution in [3.63, 3.8) is 0 Å². The van der Waals surface area contributed by atoms with E-state index in [-0.39, 0.29) is 0 Å². The summed E-state index contributed by atoms with van der Waals surface area (Å²) in [6, 6.07) is 82.0. The van der Waals surface area contributed by atoms with Crippen molar-refractivity contribution >= 4 is 43.6 Å². The van der Waals surface area contributed by atoms with Crippen LogP contribution in [0.2, 0.25) is 0 Å². The van der Waals surface area contributed by atoms with Crippen LogP contribution >= 0.6 is 0 Å². The number of nitriles is 1. The predicted molar refractivity (Wildman–Crippen MR) is 302 cm³/mol. The van der Waals surface area contributed by atoms with Gasteiger partial charge in [0, 0.05) is 66.1 Å². The molecule has 0 N–H and O–H groups in total. The smallest absolute Gasteiger partial charge is 0.164 e. The van der Waals surface area contributed by atoms with E-state index in [0.29, 0.717) is 46.3 Å². The summed E-state index contributed by atoms with van der Waals surface area (Å²) in [4.78, 5) is 35.5. The van der Waals surface area contributed by atoms with Gasteiger partial charge in [-0.05, 0) is 60.7 Å². The molecule has 14 aromatic rings. The molecule has 5 aromatic heterocycles. The first-order valence-electron chi connectivity index (χ1n) is 24.9. The summed E-state index contributed by atoms with van der Waals surface area (Å²) in [5, 5.41) is 14.8. The third kappa shape index (κ3) is 7.63. The number of hydrogen-bond donors (Lipinski definition) is 0. The number of fused-ring (bicyclic) bond motifs is 6. The van der Waals surface area contributed by atoms with Crippen LogP contribution in [0.3, 0.4) is 0 Å². The molecule has 354 valence electrons. The molecule has 14 rings (SSSR count). The van der Waals surface area contributed by atoms with Gasteiger partial charge in [-0.2, -0.15) is 5.26 Å². The SMILES string of the molecule is N#Cc1ccccc1-c1cc(-n2c3ccccc3c3cc(-c4nc(-c5ccccc5)nc(-c5ccccc5)n4)ccc32)ncc1-n1c2ccccc2c2cc(-c3nc(-c4ccccc4)nc(-c4ccccc4)n3)ccc21. The summed E-state index contributed by atoms with van der Waals surface area (Å²) in [5.74, 6) is 4.24. The zero-order valence-electron chi connectivity index (χ0n) is 40.6. The summed E-state index contributed by atoms with van der Waals surface area (Å²) >= 11 is 0. The van der Waals surface area contributed by atoms with E-state index in [2.05, 4.69) is 106 Å². The Bertz CT molecular complexity index is 4470. The molecule has 10 nitrogen and oxygen atoms in total. The fourth-order valence-electron chi connectivity index (χ4n) is 10.4. The van der Waals surface area contributed by atoms with Crippen molar-refractivity contribution in [2.45, 2.75) is 0 Å². The molecule has 0 unspecified atom stereocenters. The second-order valence-corrected chi connectivity index (χ2v) is 18.5. The van der Waals surface area contributed by atoms with Crippen LogP contribution in [0, 0.1) is 11.3 Å². The maximum Gasteiger partial charge on any atom is 0.164 e. The molecule has 0 saturated carbocycles. The third-order valence-corrected chi connectivity index (χ3v) is 13.9. The molecule has 9 aromatic carbocycles. The molecule has 0 saturated heterocycles. The highest BCUT2D eigenvalue weighted by Gasteiger charge is 2.23. The Labute approximate surface area is 436 Å². The van der Waals surface area contributed by atoms with E-state index in [0.717, 1.165) is 93.8 Å². The highest BCUT2D eigenvalue weighted by Crippen LogP contribution is 2.41. The van der Waals surface area contributed by atoms with E-state index >= 15 is 0 Å². The number of aromatic nitrogens is 9. The number of benzene rings is 9. The lowest BCUT2D eigenvalue weighted by Crippen LogP contribution is -2.04. The van der Waals surface area contributed by atoms with Gasteiger partial charge in [-0.3, -0.25) is 4.57 Å². The lowest BCUT2D eigenvalue weighted by Gasteiger charge is -2.17. The van der Waals surface area contributed by atoms with Crippen LogP contribution in [0.25, 0.3) is 135 Å². The molecule has 76 heavy (non-hydrogen) atoms. The number of para-hydroxylation sites is 2. The van der Waals surface area contributed by atoms with Crippen LogP contribution in [-0.4, -0.2) is 44.0 Å². The Morgan fingerprint density at radius 1 is 0.303 bits per heavy atom. The molecule has 10 heteroatoms. The number of nitrogens with zero attached hydrogens (tertiary/aromatic N) is 10. The van der Waals surface area contributed by atoms with Crippen molar-refractivity contribution in [2.75, 3.05) is 0 Å². The van der Waals surface area contributed by atoms with E-state index in [1.54, 1.807) is 0 Å². The largest absolute Gasteiger partial charge is 0.307 e. The Hall–Kier alpha value is -10.8. The first-order chi connectivity index (χ1) is 37.6. The fraction of sp³-hybridized carbons (Fsp3) is 0. The first kappa shape index (κ1) is 44.0. The van der Waals surface area contributed by atoms with E-state index < -0.39 is 0 Å². The van der Waals surface area contributed by atoms with Gasteiger partial charge in [-0.1, -0.05) is 176 Å². The Morgan fingerprint density at radius 3 is 1.13 bits per heavy atom. The van der Waals surface area contributed by atoms with Crippen molar-refractivity contribution in [1.29, 1.82) is 5.26 Å². The van der Waals surface area contributed by atoms with Crippen LogP contribution in [0.5, 0.6) is 0 Å². The molecule has 0 atom stereocenters. The highest BCUT2D eigenvalue weighted by molar-refractivity contribution is 6.12. The van der Waals surface area contributed by atoms with Crippen LogP contribution in [0.15, 0.2) is 243 Å². The van der Waals surface area contributed by atoms with Crippen LogP contribution in [0.4, 0.5) is 0 Å². The van der Waals surface area contributed by atoms with Crippen molar-refractivity contribution < 1.29 is 0 Å². The Balaban J connectivity index is 0.943. The zero-order valence-corrected chi connectivity index (χ0v) is 40.6. The average Bonchev–Trinajstić information content (AvgIpc) is 4.02. The standard InChI is InChI=1S/C66H40N10/c67-40-48-27-13-14-28-49(48)54-39-60(76-56-32-18-16-30-51(56)53-38-47(34-36-58(53)76)66-73-63(44-23-9-3-10-24-44)70-64(74-66)45-25-11-4-12-26-45)68-41-59(54)75-55-31-17-15-29-50(55)52-37-46(33-35-57(52)75)65-71-61(42-19-5-1-6-20-42)69-62(72-65)43-21-7-2-8-22-43/h1-39,41H. The normalized spacial score (nSPS) is 11.4. The molecule has 0 amide bonds. The summed E-state index contributed by atoms with van der Waals surface area (Å²) in [6.07, 6.45) is 1.94. The van der Waals surface area contributed by atoms with Gasteiger partial charge in [0.1, 0.15) is 5.82 Å². The van der Waals surface area contributed by atoms with Gasteiger partial charge in [0.05, 0.1) is 45.6 Å². The Morgan fingerprint density at radius 2 is 0.671 bits per heavy atom. The quantitative estimate of drug-likeness (QED) is 0.140. The maximum atomic E-state index is 10.7. The molecule has 0 aliphatic carbocycles. The monoisotopic (exact) mass is 972 g/mol. The van der Waals surface area contributed by atoms with Gasteiger partial charge in [-0.25, -0.2) is 34.9 Å². The number of pyridine rings is 1. The minimum atomic E-state index is 0.552. The van der Waals surface area contributed by atoms with Crippen LogP contribution < -0.4 is 0 Å². The first-order valence-corrected chi connectivity index (χ1v) is 24.9. The molecule has 0 bridgehead atoms. The topological polar surface area (TPSA) is 124 Å². The van der Waals surface area contributed by atoms with Gasteiger partial charge in [0.15, 0.2) is 34.9 Å². The van der Waals surface area contributed by atoms with Crippen molar-refractivity contribution in [3.8, 4) is 97.0 Å². The van der Waals surface area contributed by atoms with Crippen molar-refractivity contribution in [2.24, 2.45) is 0 Å². The van der Waals surface area contributed by atoms with Gasteiger partial charge >= 0.3 is 0 Å². The minimum Gasteiger partial charge on any atom is -0.307 e. The molecule has 0 fully saturated rings. The maximum absolute atomic E-state index is 10.7. The minimum absolute atomic E-state index is 0.552.